The number of nitrogens with zero attached hydrogens (tertiary/aromatic N) is 4. The van der Waals surface area contributed by atoms with E-state index in [1.165, 1.54) is 29.3 Å². The highest BCUT2D eigenvalue weighted by Crippen LogP contribution is 2.45. The van der Waals surface area contributed by atoms with Crippen LogP contribution in [0.2, 0.25) is 0 Å². The normalized spacial score (nSPS) is 20.3. The van der Waals surface area contributed by atoms with Crippen LogP contribution in [0, 0.1) is 26.1 Å². The quantitative estimate of drug-likeness (QED) is 0.454. The van der Waals surface area contributed by atoms with Gasteiger partial charge in [-0.1, -0.05) is 24.3 Å². The van der Waals surface area contributed by atoms with E-state index in [0.717, 1.165) is 12.0 Å². The molecular formula is C24H22N4O7. The van der Waals surface area contributed by atoms with Crippen LogP contribution in [0.3, 0.4) is 0 Å². The van der Waals surface area contributed by atoms with E-state index in [4.69, 9.17) is 5.11 Å². The van der Waals surface area contributed by atoms with Crippen molar-refractivity contribution in [2.45, 2.75) is 38.1 Å². The van der Waals surface area contributed by atoms with E-state index in [1.54, 1.807) is 24.3 Å². The highest BCUT2D eigenvalue weighted by atomic mass is 16.6. The zero-order valence-corrected chi connectivity index (χ0v) is 18.6. The molecule has 2 aliphatic rings. The number of amides is 1. The van der Waals surface area contributed by atoms with Gasteiger partial charge in [0, 0.05) is 36.6 Å². The van der Waals surface area contributed by atoms with Crippen LogP contribution in [-0.4, -0.2) is 37.6 Å². The van der Waals surface area contributed by atoms with Crippen LogP contribution in [0.25, 0.3) is 6.08 Å². The number of allylic oxidation sites excluding steroid dienone is 1. The second-order valence-corrected chi connectivity index (χ2v) is 8.43. The van der Waals surface area contributed by atoms with Gasteiger partial charge in [-0.05, 0) is 42.0 Å². The molecule has 2 atom stereocenters. The average molecular weight is 478 g/mol. The Hall–Kier alpha value is -4.41. The number of hydrogen-bond acceptors (Lipinski definition) is 7. The molecule has 1 fully saturated rings. The molecule has 0 radical (unpaired) electrons. The molecule has 2 aromatic rings. The van der Waals surface area contributed by atoms with Crippen molar-refractivity contribution in [3.8, 4) is 0 Å². The molecule has 11 heteroatoms. The zero-order chi connectivity index (χ0) is 25.1. The Morgan fingerprint density at radius 1 is 1.06 bits per heavy atom. The summed E-state index contributed by atoms with van der Waals surface area (Å²) < 4.78 is 0. The number of non-ortho nitro benzene ring substituents is 2. The summed E-state index contributed by atoms with van der Waals surface area (Å²) in [7, 11) is 0. The first kappa shape index (κ1) is 23.7. The molecule has 2 aromatic carbocycles. The number of aliphatic carboxylic acids is 1. The molecule has 4 rings (SSSR count). The molecule has 2 unspecified atom stereocenters. The number of benzene rings is 2. The van der Waals surface area contributed by atoms with E-state index in [2.05, 4.69) is 5.10 Å². The standard InChI is InChI=1S/C24H22N4O7/c29-21(10-11-22(30)31)26-24(17-6-2-8-19(14-17)28(34)35)20-9-3-5-16(23(20)25-26)12-15-4-1-7-18(13-15)27(32)33/h1-2,4,6-8,12-14,20,24H,3,5,9-11H2,(H,30,31). The molecule has 0 spiro atoms. The summed E-state index contributed by atoms with van der Waals surface area (Å²) in [6, 6.07) is 11.6. The molecule has 0 aromatic heterocycles. The molecule has 0 bridgehead atoms. The molecular weight excluding hydrogens is 456 g/mol. The lowest BCUT2D eigenvalue weighted by molar-refractivity contribution is -0.385. The zero-order valence-electron chi connectivity index (χ0n) is 18.6. The van der Waals surface area contributed by atoms with Crippen LogP contribution in [0.1, 0.15) is 49.3 Å². The van der Waals surface area contributed by atoms with Crippen molar-refractivity contribution in [2.24, 2.45) is 11.0 Å². The van der Waals surface area contributed by atoms with E-state index < -0.39 is 27.8 Å². The van der Waals surface area contributed by atoms with E-state index in [9.17, 15) is 29.8 Å². The van der Waals surface area contributed by atoms with Crippen LogP contribution < -0.4 is 0 Å². The van der Waals surface area contributed by atoms with Crippen molar-refractivity contribution >= 4 is 35.0 Å². The summed E-state index contributed by atoms with van der Waals surface area (Å²) in [6.07, 6.45) is 3.30. The lowest BCUT2D eigenvalue weighted by Gasteiger charge is -2.29. The molecule has 11 nitrogen and oxygen atoms in total. The first-order chi connectivity index (χ1) is 16.7. The van der Waals surface area contributed by atoms with Gasteiger partial charge in [0.15, 0.2) is 0 Å². The van der Waals surface area contributed by atoms with Crippen molar-refractivity contribution in [2.75, 3.05) is 0 Å². The summed E-state index contributed by atoms with van der Waals surface area (Å²) in [6.45, 7) is 0. The van der Waals surface area contributed by atoms with Crippen molar-refractivity contribution in [1.29, 1.82) is 0 Å². The van der Waals surface area contributed by atoms with Gasteiger partial charge in [-0.25, -0.2) is 5.01 Å². The maximum absolute atomic E-state index is 13.0. The lowest BCUT2D eigenvalue weighted by atomic mass is 9.77. The van der Waals surface area contributed by atoms with E-state index in [-0.39, 0.29) is 30.1 Å². The van der Waals surface area contributed by atoms with E-state index >= 15 is 0 Å². The molecule has 1 heterocycles. The number of hydrogen-bond donors (Lipinski definition) is 1. The number of carbonyl (C=O) groups is 2. The smallest absolute Gasteiger partial charge is 0.303 e. The van der Waals surface area contributed by atoms with Gasteiger partial charge < -0.3 is 5.11 Å². The minimum atomic E-state index is -1.11. The summed E-state index contributed by atoms with van der Waals surface area (Å²) in [5.74, 6) is -1.84. The van der Waals surface area contributed by atoms with Gasteiger partial charge in [0.2, 0.25) is 5.91 Å². The third-order valence-corrected chi connectivity index (χ3v) is 6.15. The minimum Gasteiger partial charge on any atom is -0.481 e. The topological polar surface area (TPSA) is 156 Å². The van der Waals surface area contributed by atoms with Crippen LogP contribution >= 0.6 is 0 Å². The highest BCUT2D eigenvalue weighted by molar-refractivity contribution is 6.08. The Bertz CT molecular complexity index is 1270. The fraction of sp³-hybridized carbons (Fsp3) is 0.292. The first-order valence-electron chi connectivity index (χ1n) is 11.1. The van der Waals surface area contributed by atoms with Crippen molar-refractivity contribution < 1.29 is 24.5 Å². The molecule has 1 N–H and O–H groups in total. The third-order valence-electron chi connectivity index (χ3n) is 6.15. The number of hydrazone groups is 1. The lowest BCUT2D eigenvalue weighted by Crippen LogP contribution is -2.32. The molecule has 0 saturated heterocycles. The maximum Gasteiger partial charge on any atom is 0.303 e. The summed E-state index contributed by atoms with van der Waals surface area (Å²) in [4.78, 5) is 45.6. The van der Waals surface area contributed by atoms with Gasteiger partial charge in [0.1, 0.15) is 0 Å². The fourth-order valence-electron chi connectivity index (χ4n) is 4.62. The number of nitro groups is 2. The molecule has 180 valence electrons. The third kappa shape index (κ3) is 5.08. The van der Waals surface area contributed by atoms with Crippen LogP contribution in [-0.2, 0) is 9.59 Å². The van der Waals surface area contributed by atoms with Gasteiger partial charge in [0.25, 0.3) is 11.4 Å². The number of carbonyl (C=O) groups excluding carboxylic acids is 1. The molecule has 1 amide bonds. The Morgan fingerprint density at radius 3 is 2.43 bits per heavy atom. The number of carboxylic acids is 1. The predicted molar refractivity (Wildman–Crippen MR) is 125 cm³/mol. The second kappa shape index (κ2) is 9.84. The molecule has 1 aliphatic carbocycles. The van der Waals surface area contributed by atoms with Crippen molar-refractivity contribution in [1.82, 2.24) is 5.01 Å². The number of fused-ring (bicyclic) bond motifs is 1. The van der Waals surface area contributed by atoms with Crippen LogP contribution in [0.4, 0.5) is 11.4 Å². The van der Waals surface area contributed by atoms with Crippen LogP contribution in [0.15, 0.2) is 59.2 Å². The first-order valence-corrected chi connectivity index (χ1v) is 11.1. The van der Waals surface area contributed by atoms with Gasteiger partial charge in [-0.2, -0.15) is 5.10 Å². The Morgan fingerprint density at radius 2 is 1.74 bits per heavy atom. The number of nitro benzene ring substituents is 2. The average Bonchev–Trinajstić information content (AvgIpc) is 3.23. The number of rotatable bonds is 7. The molecule has 1 aliphatic heterocycles. The highest BCUT2D eigenvalue weighted by Gasteiger charge is 2.44. The SMILES string of the molecule is O=C(O)CCC(=O)N1N=C2C(=Cc3cccc([N+](=O)[O-])c3)CCCC2C1c1cccc([N+](=O)[O-])c1. The largest absolute Gasteiger partial charge is 0.481 e. The van der Waals surface area contributed by atoms with Crippen molar-refractivity contribution in [3.63, 3.8) is 0 Å². The predicted octanol–water partition coefficient (Wildman–Crippen LogP) is 4.49. The van der Waals surface area contributed by atoms with Crippen LogP contribution in [0.5, 0.6) is 0 Å². The fourth-order valence-corrected chi connectivity index (χ4v) is 4.62. The Labute approximate surface area is 199 Å². The maximum atomic E-state index is 13.0. The second-order valence-electron chi connectivity index (χ2n) is 8.43. The molecule has 35 heavy (non-hydrogen) atoms. The summed E-state index contributed by atoms with van der Waals surface area (Å²) in [5, 5.41) is 37.4. The molecule has 1 saturated carbocycles. The van der Waals surface area contributed by atoms with Gasteiger partial charge in [0.05, 0.1) is 28.0 Å². The van der Waals surface area contributed by atoms with Gasteiger partial charge >= 0.3 is 5.97 Å². The summed E-state index contributed by atoms with van der Waals surface area (Å²) in [5.41, 5.74) is 2.48. The minimum absolute atomic E-state index is 0.0417. The Kier molecular flexibility index (Phi) is 6.67. The van der Waals surface area contributed by atoms with E-state index in [1.807, 2.05) is 6.08 Å². The number of carboxylic acid groups (broad SMARTS) is 1. The van der Waals surface area contributed by atoms with Crippen molar-refractivity contribution in [3.05, 3.63) is 85.5 Å². The van der Waals surface area contributed by atoms with Gasteiger partial charge in [-0.15, -0.1) is 0 Å². The van der Waals surface area contributed by atoms with E-state index in [0.29, 0.717) is 29.7 Å². The Balaban J connectivity index is 1.75. The monoisotopic (exact) mass is 478 g/mol. The summed E-state index contributed by atoms with van der Waals surface area (Å²) >= 11 is 0. The van der Waals surface area contributed by atoms with Gasteiger partial charge in [-0.3, -0.25) is 29.8 Å².